The zero-order valence-electron chi connectivity index (χ0n) is 22.3. The Balaban J connectivity index is 1.14. The van der Waals surface area contributed by atoms with E-state index in [2.05, 4.69) is 14.4 Å². The molecule has 0 radical (unpaired) electrons. The molecule has 6 unspecified atom stereocenters. The van der Waals surface area contributed by atoms with Crippen molar-refractivity contribution >= 4 is 48.1 Å². The number of fused-ring (bicyclic) bond motifs is 1. The standard InChI is InChI=1S/C28H27FN4O6S3/c1-41(36,37)30-7-11-9-40-27-25(11)42(38,39)32-26(31-27)22-24(34)21-19-15-13-6-14-16(19)18(14)20(17(13)15)23(21)33(28(22)35)8-10-2-4-12(29)5-3-10/h2-5,9,13-21,23,30,34H,6-8H2,1H3,(H,31,32)/t13?,14?,15?,16?,17?,18?,19?,20?,21-,23+/m1/s1. The van der Waals surface area contributed by atoms with Gasteiger partial charge in [-0.25, -0.2) is 17.5 Å². The summed E-state index contributed by atoms with van der Waals surface area (Å²) in [6, 6.07) is 5.83. The number of benzene rings is 1. The van der Waals surface area contributed by atoms with Crippen LogP contribution in [0.2, 0.25) is 0 Å². The van der Waals surface area contributed by atoms with Crippen molar-refractivity contribution in [1.82, 2.24) is 9.62 Å². The molecule has 0 spiro atoms. The molecule has 1 aromatic heterocycles. The lowest BCUT2D eigenvalue weighted by Crippen LogP contribution is -2.61. The minimum absolute atomic E-state index is 0.0779. The number of halogens is 1. The summed E-state index contributed by atoms with van der Waals surface area (Å²) in [7, 11) is -7.89. The Morgan fingerprint density at radius 3 is 2.45 bits per heavy atom. The Morgan fingerprint density at radius 2 is 1.79 bits per heavy atom. The number of carbonyl (C=O) groups is 1. The number of rotatable bonds is 6. The van der Waals surface area contributed by atoms with E-state index >= 15 is 0 Å². The van der Waals surface area contributed by atoms with Crippen molar-refractivity contribution in [3.8, 4) is 0 Å². The van der Waals surface area contributed by atoms with Gasteiger partial charge in [-0.1, -0.05) is 12.1 Å². The van der Waals surface area contributed by atoms with Gasteiger partial charge in [-0.05, 0) is 76.8 Å². The van der Waals surface area contributed by atoms with E-state index in [4.69, 9.17) is 0 Å². The number of aliphatic hydroxyl groups excluding tert-OH is 1. The zero-order chi connectivity index (χ0) is 29.0. The molecular formula is C28H27FN4O6S3. The van der Waals surface area contributed by atoms with Crippen LogP contribution in [0, 0.1) is 59.1 Å². The number of amidine groups is 1. The first-order chi connectivity index (χ1) is 19.9. The normalized spacial score (nSPS) is 39.3. The van der Waals surface area contributed by atoms with Crippen LogP contribution in [-0.4, -0.2) is 50.9 Å². The van der Waals surface area contributed by atoms with E-state index in [0.29, 0.717) is 41.4 Å². The lowest BCUT2D eigenvalue weighted by molar-refractivity contribution is -0.141. The molecule has 8 atom stereocenters. The number of thiophene rings is 1. The molecule has 10 nitrogen and oxygen atoms in total. The van der Waals surface area contributed by atoms with Crippen LogP contribution >= 0.6 is 11.3 Å². The van der Waals surface area contributed by atoms with Crippen molar-refractivity contribution in [2.24, 2.45) is 57.7 Å². The number of anilines is 1. The Kier molecular flexibility index (Phi) is 4.90. The molecule has 14 heteroatoms. The van der Waals surface area contributed by atoms with Gasteiger partial charge in [0.1, 0.15) is 27.0 Å². The third kappa shape index (κ3) is 3.32. The largest absolute Gasteiger partial charge is 0.511 e. The van der Waals surface area contributed by atoms with E-state index in [1.807, 2.05) is 0 Å². The van der Waals surface area contributed by atoms with Gasteiger partial charge >= 0.3 is 0 Å². The van der Waals surface area contributed by atoms with Gasteiger partial charge in [0.25, 0.3) is 15.9 Å². The van der Waals surface area contributed by atoms with Crippen LogP contribution in [0.25, 0.3) is 0 Å². The molecule has 11 rings (SSSR count). The number of amides is 1. The summed E-state index contributed by atoms with van der Waals surface area (Å²) in [6.07, 6.45) is 2.23. The summed E-state index contributed by atoms with van der Waals surface area (Å²) in [6.45, 7) is -0.00893. The van der Waals surface area contributed by atoms with Crippen LogP contribution < -0.4 is 10.0 Å². The quantitative estimate of drug-likeness (QED) is 0.445. The SMILES string of the molecule is CS(=O)(=O)NCc1csc2c1S(=O)(=O)N=C(C1=C(O)[C@@H]3C4C5C6CC7C4C7C(C65)[C@@H]3N(Cc3ccc(F)cc3)C1=O)N2. The molecule has 1 amide bonds. The van der Waals surface area contributed by atoms with Gasteiger partial charge in [0, 0.05) is 30.6 Å². The number of nitrogens with zero attached hydrogens (tertiary/aromatic N) is 2. The molecule has 9 aliphatic rings. The average molecular weight is 631 g/mol. The molecule has 2 aliphatic heterocycles. The van der Waals surface area contributed by atoms with E-state index in [1.54, 1.807) is 17.0 Å². The molecule has 7 fully saturated rings. The van der Waals surface area contributed by atoms with E-state index < -0.39 is 26.0 Å². The Morgan fingerprint density at radius 1 is 1.12 bits per heavy atom. The van der Waals surface area contributed by atoms with E-state index in [0.717, 1.165) is 23.2 Å². The van der Waals surface area contributed by atoms with Gasteiger partial charge in [0.15, 0.2) is 5.84 Å². The highest BCUT2D eigenvalue weighted by Gasteiger charge is 2.85. The first kappa shape index (κ1) is 25.7. The molecule has 42 heavy (non-hydrogen) atoms. The molecule has 220 valence electrons. The van der Waals surface area contributed by atoms with Crippen molar-refractivity contribution in [3.05, 3.63) is 57.9 Å². The van der Waals surface area contributed by atoms with E-state index in [-0.39, 0.29) is 69.4 Å². The second-order valence-electron chi connectivity index (χ2n) is 12.9. The zero-order valence-corrected chi connectivity index (χ0v) is 24.7. The van der Waals surface area contributed by atoms with Crippen LogP contribution in [0.5, 0.6) is 0 Å². The Labute approximate surface area is 245 Å². The fourth-order valence-electron chi connectivity index (χ4n) is 9.86. The molecule has 7 saturated carbocycles. The average Bonchev–Trinajstić information content (AvgIpc) is 3.82. The molecule has 3 heterocycles. The number of hydrogen-bond acceptors (Lipinski definition) is 8. The van der Waals surface area contributed by atoms with Gasteiger partial charge in [0.05, 0.1) is 6.26 Å². The minimum Gasteiger partial charge on any atom is -0.511 e. The summed E-state index contributed by atoms with van der Waals surface area (Å²) in [5, 5.41) is 16.6. The van der Waals surface area contributed by atoms with Gasteiger partial charge in [0.2, 0.25) is 10.0 Å². The van der Waals surface area contributed by atoms with E-state index in [9.17, 15) is 31.1 Å². The predicted octanol–water partition coefficient (Wildman–Crippen LogP) is 2.68. The number of hydrogen-bond donors (Lipinski definition) is 3. The highest BCUT2D eigenvalue weighted by atomic mass is 32.2. The number of nitrogens with one attached hydrogen (secondary N) is 2. The first-order valence-electron chi connectivity index (χ1n) is 14.1. The number of carbonyl (C=O) groups excluding carboxylic acids is 1. The molecular weight excluding hydrogens is 604 g/mol. The van der Waals surface area contributed by atoms with Crippen molar-refractivity contribution in [2.75, 3.05) is 11.6 Å². The van der Waals surface area contributed by atoms with Crippen LogP contribution in [0.3, 0.4) is 0 Å². The molecule has 0 saturated heterocycles. The summed E-state index contributed by atoms with van der Waals surface area (Å²) >= 11 is 1.06. The summed E-state index contributed by atoms with van der Waals surface area (Å²) in [5.74, 6) is 2.62. The molecule has 1 aromatic carbocycles. The number of sulfonamides is 2. The van der Waals surface area contributed by atoms with Gasteiger partial charge < -0.3 is 15.3 Å². The maximum absolute atomic E-state index is 14.4. The molecule has 8 bridgehead atoms. The maximum Gasteiger partial charge on any atom is 0.287 e. The third-order valence-corrected chi connectivity index (χ3v) is 14.2. The fourth-order valence-corrected chi connectivity index (χ4v) is 12.9. The lowest BCUT2D eigenvalue weighted by atomic mass is 9.59. The van der Waals surface area contributed by atoms with E-state index in [1.165, 1.54) is 23.9 Å². The highest BCUT2D eigenvalue weighted by molar-refractivity contribution is 7.91. The third-order valence-electron chi connectivity index (χ3n) is 11.0. The van der Waals surface area contributed by atoms with Crippen LogP contribution in [0.15, 0.2) is 50.3 Å². The second kappa shape index (κ2) is 8.01. The fraction of sp³-hybridized carbons (Fsp3) is 0.500. The summed E-state index contributed by atoms with van der Waals surface area (Å²) in [5.41, 5.74) is 0.864. The van der Waals surface area contributed by atoms with Crippen LogP contribution in [0.1, 0.15) is 17.5 Å². The Hall–Kier alpha value is -2.81. The van der Waals surface area contributed by atoms with Crippen LogP contribution in [-0.2, 0) is 37.9 Å². The smallest absolute Gasteiger partial charge is 0.287 e. The summed E-state index contributed by atoms with van der Waals surface area (Å²) < 4.78 is 70.2. The molecule has 2 aromatic rings. The summed E-state index contributed by atoms with van der Waals surface area (Å²) in [4.78, 5) is 16.0. The second-order valence-corrected chi connectivity index (χ2v) is 17.2. The molecule has 7 aliphatic carbocycles. The highest BCUT2D eigenvalue weighted by Crippen LogP contribution is 2.87. The predicted molar refractivity (Wildman–Crippen MR) is 151 cm³/mol. The van der Waals surface area contributed by atoms with Crippen molar-refractivity contribution in [2.45, 2.75) is 30.4 Å². The van der Waals surface area contributed by atoms with Crippen molar-refractivity contribution < 1.29 is 31.1 Å². The minimum atomic E-state index is -4.33. The van der Waals surface area contributed by atoms with Crippen LogP contribution in [0.4, 0.5) is 9.39 Å². The topological polar surface area (TPSA) is 145 Å². The maximum atomic E-state index is 14.4. The van der Waals surface area contributed by atoms with Crippen molar-refractivity contribution in [3.63, 3.8) is 0 Å². The van der Waals surface area contributed by atoms with Crippen molar-refractivity contribution in [1.29, 1.82) is 0 Å². The van der Waals surface area contributed by atoms with Gasteiger partial charge in [-0.15, -0.1) is 15.7 Å². The molecule has 3 N–H and O–H groups in total. The Bertz CT molecular complexity index is 1870. The monoisotopic (exact) mass is 630 g/mol. The number of aliphatic hydroxyl groups is 1. The lowest BCUT2D eigenvalue weighted by Gasteiger charge is -2.54. The van der Waals surface area contributed by atoms with Gasteiger partial charge in [-0.2, -0.15) is 8.42 Å². The first-order valence-corrected chi connectivity index (χ1v) is 18.3. The van der Waals surface area contributed by atoms with Gasteiger partial charge in [-0.3, -0.25) is 4.79 Å².